The zero-order chi connectivity index (χ0) is 9.84. The van der Waals surface area contributed by atoms with E-state index in [0.717, 1.165) is 19.4 Å². The molecule has 1 aliphatic rings. The summed E-state index contributed by atoms with van der Waals surface area (Å²) in [5, 5.41) is 9.36. The molecule has 1 unspecified atom stereocenters. The predicted molar refractivity (Wildman–Crippen MR) is 50.1 cm³/mol. The van der Waals surface area contributed by atoms with Crippen LogP contribution in [0.5, 0.6) is 0 Å². The second-order valence-corrected chi connectivity index (χ2v) is 3.70. The maximum atomic E-state index is 11.5. The molecule has 0 aromatic rings. The summed E-state index contributed by atoms with van der Waals surface area (Å²) in [4.78, 5) is 13.2. The summed E-state index contributed by atoms with van der Waals surface area (Å²) < 4.78 is 0. The highest BCUT2D eigenvalue weighted by atomic mass is 16.3. The minimum atomic E-state index is -0.421. The van der Waals surface area contributed by atoms with Gasteiger partial charge in [0.05, 0.1) is 12.1 Å². The number of nitrogens with two attached hydrogens (primary N) is 1. The number of hydrogen-bond acceptors (Lipinski definition) is 3. The molecule has 0 bridgehead atoms. The second kappa shape index (κ2) is 4.58. The summed E-state index contributed by atoms with van der Waals surface area (Å²) in [6.07, 6.45) is 2.10. The number of hydrogen-bond donors (Lipinski definition) is 2. The van der Waals surface area contributed by atoms with E-state index in [1.54, 1.807) is 11.8 Å². The molecule has 1 rings (SSSR count). The van der Waals surface area contributed by atoms with Crippen molar-refractivity contribution in [2.24, 2.45) is 5.73 Å². The van der Waals surface area contributed by atoms with Gasteiger partial charge in [-0.05, 0) is 26.2 Å². The summed E-state index contributed by atoms with van der Waals surface area (Å²) in [6, 6.07) is -0.421. The summed E-state index contributed by atoms with van der Waals surface area (Å²) in [7, 11) is 0. The van der Waals surface area contributed by atoms with Crippen LogP contribution in [0.15, 0.2) is 0 Å². The van der Waals surface area contributed by atoms with E-state index in [1.165, 1.54) is 0 Å². The lowest BCUT2D eigenvalue weighted by Crippen LogP contribution is -2.42. The zero-order valence-corrected chi connectivity index (χ0v) is 8.07. The van der Waals surface area contributed by atoms with E-state index in [1.807, 2.05) is 0 Å². The molecule has 2 atom stereocenters. The molecule has 0 aromatic carbocycles. The number of carbonyl (C=O) groups is 1. The highest BCUT2D eigenvalue weighted by Crippen LogP contribution is 2.11. The first kappa shape index (κ1) is 10.5. The van der Waals surface area contributed by atoms with E-state index < -0.39 is 6.04 Å². The molecule has 76 valence electrons. The predicted octanol–water partition coefficient (Wildman–Crippen LogP) is -0.293. The van der Waals surface area contributed by atoms with Gasteiger partial charge in [-0.3, -0.25) is 4.79 Å². The number of aliphatic hydroxyl groups excluding tert-OH is 1. The Bertz CT molecular complexity index is 182. The van der Waals surface area contributed by atoms with Crippen molar-refractivity contribution in [1.82, 2.24) is 4.90 Å². The normalized spacial score (nSPS) is 26.7. The van der Waals surface area contributed by atoms with E-state index in [4.69, 9.17) is 5.73 Å². The Kier molecular flexibility index (Phi) is 3.69. The van der Waals surface area contributed by atoms with E-state index >= 15 is 0 Å². The van der Waals surface area contributed by atoms with Crippen LogP contribution in [0.4, 0.5) is 0 Å². The first-order valence-corrected chi connectivity index (χ1v) is 4.83. The molecule has 1 aliphatic heterocycles. The SMILES string of the molecule is C[C@@H](N)C(=O)N1CCCC(O)CC1. The second-order valence-electron chi connectivity index (χ2n) is 3.70. The molecule has 1 saturated heterocycles. The van der Waals surface area contributed by atoms with Crippen LogP contribution in [0.25, 0.3) is 0 Å². The van der Waals surface area contributed by atoms with Crippen molar-refractivity contribution < 1.29 is 9.90 Å². The van der Waals surface area contributed by atoms with Crippen LogP contribution in [-0.4, -0.2) is 41.1 Å². The van der Waals surface area contributed by atoms with Gasteiger partial charge in [0, 0.05) is 13.1 Å². The van der Waals surface area contributed by atoms with Crippen LogP contribution >= 0.6 is 0 Å². The van der Waals surface area contributed by atoms with Crippen LogP contribution in [-0.2, 0) is 4.79 Å². The molecule has 0 aliphatic carbocycles. The van der Waals surface area contributed by atoms with Crippen molar-refractivity contribution in [1.29, 1.82) is 0 Å². The fraction of sp³-hybridized carbons (Fsp3) is 0.889. The Balaban J connectivity index is 2.46. The fourth-order valence-electron chi connectivity index (χ4n) is 1.59. The molecule has 3 N–H and O–H groups in total. The minimum Gasteiger partial charge on any atom is -0.393 e. The zero-order valence-electron chi connectivity index (χ0n) is 8.07. The standard InChI is InChI=1S/C9H18N2O2/c1-7(10)9(13)11-5-2-3-8(12)4-6-11/h7-8,12H,2-6,10H2,1H3/t7-,8?/m1/s1. The lowest BCUT2D eigenvalue weighted by molar-refractivity contribution is -0.132. The van der Waals surface area contributed by atoms with Gasteiger partial charge in [0.2, 0.25) is 5.91 Å². The smallest absolute Gasteiger partial charge is 0.239 e. The van der Waals surface area contributed by atoms with Crippen LogP contribution in [0.3, 0.4) is 0 Å². The molecule has 4 heteroatoms. The third-order valence-electron chi connectivity index (χ3n) is 2.40. The highest BCUT2D eigenvalue weighted by molar-refractivity contribution is 5.81. The van der Waals surface area contributed by atoms with E-state index in [0.29, 0.717) is 13.0 Å². The van der Waals surface area contributed by atoms with Crippen LogP contribution in [0, 0.1) is 0 Å². The van der Waals surface area contributed by atoms with Gasteiger partial charge in [-0.15, -0.1) is 0 Å². The number of likely N-dealkylation sites (tertiary alicyclic amines) is 1. The average Bonchev–Trinajstić information content (AvgIpc) is 2.28. The van der Waals surface area contributed by atoms with Gasteiger partial charge >= 0.3 is 0 Å². The Morgan fingerprint density at radius 2 is 2.23 bits per heavy atom. The molecule has 1 heterocycles. The largest absolute Gasteiger partial charge is 0.393 e. The van der Waals surface area contributed by atoms with Gasteiger partial charge in [0.1, 0.15) is 0 Å². The van der Waals surface area contributed by atoms with Crippen molar-refractivity contribution in [3.8, 4) is 0 Å². The first-order chi connectivity index (χ1) is 6.11. The maximum absolute atomic E-state index is 11.5. The molecule has 0 saturated carbocycles. The number of nitrogens with zero attached hydrogens (tertiary/aromatic N) is 1. The summed E-state index contributed by atoms with van der Waals surface area (Å²) in [5.74, 6) is -0.00546. The summed E-state index contributed by atoms with van der Waals surface area (Å²) in [5.41, 5.74) is 5.50. The minimum absolute atomic E-state index is 0.00546. The van der Waals surface area contributed by atoms with Crippen molar-refractivity contribution in [3.63, 3.8) is 0 Å². The van der Waals surface area contributed by atoms with Crippen LogP contribution < -0.4 is 5.73 Å². The Morgan fingerprint density at radius 1 is 1.54 bits per heavy atom. The van der Waals surface area contributed by atoms with Gasteiger partial charge in [0.15, 0.2) is 0 Å². The molecule has 0 spiro atoms. The number of carbonyl (C=O) groups excluding carboxylic acids is 1. The summed E-state index contributed by atoms with van der Waals surface area (Å²) >= 11 is 0. The first-order valence-electron chi connectivity index (χ1n) is 4.83. The van der Waals surface area contributed by atoms with Gasteiger partial charge in [0.25, 0.3) is 0 Å². The lowest BCUT2D eigenvalue weighted by atomic mass is 10.2. The molecule has 0 aromatic heterocycles. The fourth-order valence-corrected chi connectivity index (χ4v) is 1.59. The summed E-state index contributed by atoms with van der Waals surface area (Å²) in [6.45, 7) is 3.07. The number of aliphatic hydroxyl groups is 1. The van der Waals surface area contributed by atoms with Crippen molar-refractivity contribution in [3.05, 3.63) is 0 Å². The molecule has 4 nitrogen and oxygen atoms in total. The molecular weight excluding hydrogens is 168 g/mol. The Morgan fingerprint density at radius 3 is 2.85 bits per heavy atom. The van der Waals surface area contributed by atoms with Gasteiger partial charge in [-0.2, -0.15) is 0 Å². The number of amides is 1. The molecule has 1 fully saturated rings. The Labute approximate surface area is 78.7 Å². The van der Waals surface area contributed by atoms with Gasteiger partial charge in [-0.1, -0.05) is 0 Å². The molecular formula is C9H18N2O2. The monoisotopic (exact) mass is 186 g/mol. The molecule has 13 heavy (non-hydrogen) atoms. The number of rotatable bonds is 1. The molecule has 1 amide bonds. The topological polar surface area (TPSA) is 66.6 Å². The van der Waals surface area contributed by atoms with E-state index in [9.17, 15) is 9.90 Å². The highest BCUT2D eigenvalue weighted by Gasteiger charge is 2.20. The molecule has 0 radical (unpaired) electrons. The Hall–Kier alpha value is -0.610. The van der Waals surface area contributed by atoms with Gasteiger partial charge < -0.3 is 15.7 Å². The lowest BCUT2D eigenvalue weighted by Gasteiger charge is -2.22. The van der Waals surface area contributed by atoms with Crippen molar-refractivity contribution >= 4 is 5.91 Å². The average molecular weight is 186 g/mol. The van der Waals surface area contributed by atoms with E-state index in [-0.39, 0.29) is 12.0 Å². The van der Waals surface area contributed by atoms with E-state index in [2.05, 4.69) is 0 Å². The third kappa shape index (κ3) is 2.97. The maximum Gasteiger partial charge on any atom is 0.239 e. The van der Waals surface area contributed by atoms with Crippen LogP contribution in [0.2, 0.25) is 0 Å². The van der Waals surface area contributed by atoms with Crippen molar-refractivity contribution in [2.45, 2.75) is 38.3 Å². The quantitative estimate of drug-likeness (QED) is 0.591. The van der Waals surface area contributed by atoms with Gasteiger partial charge in [-0.25, -0.2) is 0 Å². The third-order valence-corrected chi connectivity index (χ3v) is 2.40. The van der Waals surface area contributed by atoms with Crippen molar-refractivity contribution in [2.75, 3.05) is 13.1 Å². The van der Waals surface area contributed by atoms with Crippen LogP contribution in [0.1, 0.15) is 26.2 Å².